The van der Waals surface area contributed by atoms with Gasteiger partial charge >= 0.3 is 0 Å². The number of nitrogens with one attached hydrogen (secondary N) is 2. The molecule has 2 rings (SSSR count). The molecule has 104 valence electrons. The summed E-state index contributed by atoms with van der Waals surface area (Å²) in [6.07, 6.45) is 5.81. The van der Waals surface area contributed by atoms with Crippen LogP contribution in [-0.2, 0) is 0 Å². The fourth-order valence-electron chi connectivity index (χ4n) is 2.50. The molecule has 0 atom stereocenters. The lowest BCUT2D eigenvalue weighted by Gasteiger charge is -2.20. The molecule has 0 saturated carbocycles. The number of benzene rings is 1. The molecule has 0 radical (unpaired) electrons. The normalized spacial score (nSPS) is 14.8. The van der Waals surface area contributed by atoms with E-state index in [1.165, 1.54) is 5.57 Å². The van der Waals surface area contributed by atoms with Crippen molar-refractivity contribution in [3.8, 4) is 0 Å². The number of allylic oxidation sites excluding steroid dienone is 5. The first-order valence-electron chi connectivity index (χ1n) is 6.76. The Labute approximate surface area is 120 Å². The zero-order chi connectivity index (χ0) is 14.7. The zero-order valence-corrected chi connectivity index (χ0v) is 12.1. The van der Waals surface area contributed by atoms with Gasteiger partial charge in [-0.1, -0.05) is 18.7 Å². The molecule has 20 heavy (non-hydrogen) atoms. The Balaban J connectivity index is 2.47. The molecule has 0 aliphatic heterocycles. The van der Waals surface area contributed by atoms with Crippen molar-refractivity contribution in [2.75, 3.05) is 12.8 Å². The maximum absolute atomic E-state index is 8.52. The Morgan fingerprint density at radius 1 is 1.40 bits per heavy atom. The smallest absolute Gasteiger partial charge is 0.0704 e. The predicted molar refractivity (Wildman–Crippen MR) is 86.0 cm³/mol. The van der Waals surface area contributed by atoms with E-state index in [0.29, 0.717) is 5.71 Å². The number of anilines is 1. The topological polar surface area (TPSA) is 61.9 Å². The van der Waals surface area contributed by atoms with E-state index in [-0.39, 0.29) is 0 Å². The minimum Gasteiger partial charge on any atom is -0.399 e. The molecule has 0 aromatic heterocycles. The molecular weight excluding hydrogens is 246 g/mol. The van der Waals surface area contributed by atoms with Crippen molar-refractivity contribution in [2.45, 2.75) is 19.8 Å². The van der Waals surface area contributed by atoms with Gasteiger partial charge in [0, 0.05) is 29.6 Å². The first-order chi connectivity index (χ1) is 9.56. The minimum atomic E-state index is 0.533. The second kappa shape index (κ2) is 5.78. The van der Waals surface area contributed by atoms with Crippen LogP contribution in [0.2, 0.25) is 0 Å². The van der Waals surface area contributed by atoms with Gasteiger partial charge in [0.1, 0.15) is 0 Å². The van der Waals surface area contributed by atoms with Crippen LogP contribution in [0.4, 0.5) is 5.69 Å². The van der Waals surface area contributed by atoms with E-state index in [1.54, 1.807) is 0 Å². The number of rotatable bonds is 4. The lowest BCUT2D eigenvalue weighted by Crippen LogP contribution is -2.17. The summed E-state index contributed by atoms with van der Waals surface area (Å²) in [5.41, 5.74) is 12.2. The highest BCUT2D eigenvalue weighted by molar-refractivity contribution is 6.14. The van der Waals surface area contributed by atoms with Crippen molar-refractivity contribution in [3.05, 3.63) is 64.9 Å². The second-order valence-electron chi connectivity index (χ2n) is 5.01. The van der Waals surface area contributed by atoms with Gasteiger partial charge in [-0.3, -0.25) is 5.41 Å². The standard InChI is InChI=1S/C17H21N3/c1-4-12-5-8-16(20-3)15(10-12)17(19)14-7-6-13(18)9-11(14)2/h4,6-7,9-10,19-20H,1,5,8,18H2,2-3H3. The number of aryl methyl sites for hydroxylation is 1. The Morgan fingerprint density at radius 2 is 2.15 bits per heavy atom. The quantitative estimate of drug-likeness (QED) is 0.579. The summed E-state index contributed by atoms with van der Waals surface area (Å²) in [6, 6.07) is 5.67. The largest absolute Gasteiger partial charge is 0.399 e. The van der Waals surface area contributed by atoms with E-state index in [0.717, 1.165) is 40.9 Å². The summed E-state index contributed by atoms with van der Waals surface area (Å²) >= 11 is 0. The van der Waals surface area contributed by atoms with Crippen molar-refractivity contribution in [1.82, 2.24) is 5.32 Å². The van der Waals surface area contributed by atoms with E-state index in [9.17, 15) is 0 Å². The lowest BCUT2D eigenvalue weighted by atomic mass is 9.89. The van der Waals surface area contributed by atoms with Crippen LogP contribution < -0.4 is 11.1 Å². The Hall–Kier alpha value is -2.29. The summed E-state index contributed by atoms with van der Waals surface area (Å²) in [6.45, 7) is 5.82. The Morgan fingerprint density at radius 3 is 2.75 bits per heavy atom. The van der Waals surface area contributed by atoms with Crippen LogP contribution in [0, 0.1) is 12.3 Å². The zero-order valence-electron chi connectivity index (χ0n) is 12.1. The average Bonchev–Trinajstić information content (AvgIpc) is 2.46. The summed E-state index contributed by atoms with van der Waals surface area (Å²) in [4.78, 5) is 0. The van der Waals surface area contributed by atoms with E-state index < -0.39 is 0 Å². The monoisotopic (exact) mass is 267 g/mol. The molecule has 0 unspecified atom stereocenters. The van der Waals surface area contributed by atoms with Gasteiger partial charge < -0.3 is 11.1 Å². The first kappa shape index (κ1) is 14.1. The van der Waals surface area contributed by atoms with E-state index in [2.05, 4.69) is 18.0 Å². The Bertz CT molecular complexity index is 621. The number of hydrogen-bond donors (Lipinski definition) is 3. The molecule has 3 heteroatoms. The van der Waals surface area contributed by atoms with Crippen molar-refractivity contribution in [2.24, 2.45) is 0 Å². The molecular formula is C17H21N3. The summed E-state index contributed by atoms with van der Waals surface area (Å²) in [7, 11) is 1.91. The van der Waals surface area contributed by atoms with Gasteiger partial charge in [-0.2, -0.15) is 0 Å². The summed E-state index contributed by atoms with van der Waals surface area (Å²) in [5.74, 6) is 0. The molecule has 4 N–H and O–H groups in total. The van der Waals surface area contributed by atoms with Crippen molar-refractivity contribution >= 4 is 11.4 Å². The second-order valence-corrected chi connectivity index (χ2v) is 5.01. The van der Waals surface area contributed by atoms with Crippen LogP contribution in [0.5, 0.6) is 0 Å². The van der Waals surface area contributed by atoms with Gasteiger partial charge in [0.2, 0.25) is 0 Å². The van der Waals surface area contributed by atoms with Gasteiger partial charge in [0.05, 0.1) is 5.71 Å². The molecule has 0 bridgehead atoms. The molecule has 0 saturated heterocycles. The van der Waals surface area contributed by atoms with Crippen LogP contribution in [0.25, 0.3) is 0 Å². The molecule has 3 nitrogen and oxygen atoms in total. The van der Waals surface area contributed by atoms with Gasteiger partial charge in [-0.25, -0.2) is 0 Å². The molecule has 0 amide bonds. The highest BCUT2D eigenvalue weighted by Gasteiger charge is 2.17. The van der Waals surface area contributed by atoms with Gasteiger partial charge in [-0.15, -0.1) is 0 Å². The average molecular weight is 267 g/mol. The van der Waals surface area contributed by atoms with Crippen LogP contribution in [0.1, 0.15) is 24.0 Å². The van der Waals surface area contributed by atoms with E-state index in [4.69, 9.17) is 11.1 Å². The molecule has 1 aliphatic rings. The van der Waals surface area contributed by atoms with Crippen LogP contribution >= 0.6 is 0 Å². The van der Waals surface area contributed by atoms with Crippen LogP contribution in [-0.4, -0.2) is 12.8 Å². The fourth-order valence-corrected chi connectivity index (χ4v) is 2.50. The molecule has 1 aliphatic carbocycles. The summed E-state index contributed by atoms with van der Waals surface area (Å²) < 4.78 is 0. The maximum Gasteiger partial charge on any atom is 0.0704 e. The first-order valence-corrected chi connectivity index (χ1v) is 6.76. The third-order valence-corrected chi connectivity index (χ3v) is 3.67. The molecule has 0 fully saturated rings. The molecule has 1 aromatic rings. The lowest BCUT2D eigenvalue weighted by molar-refractivity contribution is 0.817. The minimum absolute atomic E-state index is 0.533. The third-order valence-electron chi connectivity index (χ3n) is 3.67. The van der Waals surface area contributed by atoms with Gasteiger partial charge in [-0.05, 0) is 49.1 Å². The van der Waals surface area contributed by atoms with Gasteiger partial charge in [0.15, 0.2) is 0 Å². The number of hydrogen-bond acceptors (Lipinski definition) is 3. The number of nitrogen functional groups attached to an aromatic ring is 1. The van der Waals surface area contributed by atoms with Crippen molar-refractivity contribution in [3.63, 3.8) is 0 Å². The van der Waals surface area contributed by atoms with Crippen LogP contribution in [0.15, 0.2) is 53.8 Å². The fraction of sp³-hybridized carbons (Fsp3) is 0.235. The van der Waals surface area contributed by atoms with Crippen LogP contribution in [0.3, 0.4) is 0 Å². The molecule has 0 spiro atoms. The highest BCUT2D eigenvalue weighted by atomic mass is 14.8. The Kier molecular flexibility index (Phi) is 4.08. The maximum atomic E-state index is 8.52. The van der Waals surface area contributed by atoms with Crippen molar-refractivity contribution in [1.29, 1.82) is 5.41 Å². The molecule has 0 heterocycles. The van der Waals surface area contributed by atoms with Gasteiger partial charge in [0.25, 0.3) is 0 Å². The highest BCUT2D eigenvalue weighted by Crippen LogP contribution is 2.26. The SMILES string of the molecule is C=CC1=CC(C(=N)c2ccc(N)cc2C)=C(NC)CC1. The molecule has 1 aromatic carbocycles. The van der Waals surface area contributed by atoms with E-state index >= 15 is 0 Å². The summed E-state index contributed by atoms with van der Waals surface area (Å²) in [5, 5.41) is 11.7. The van der Waals surface area contributed by atoms with Crippen molar-refractivity contribution < 1.29 is 0 Å². The number of nitrogens with two attached hydrogens (primary N) is 1. The predicted octanol–water partition coefficient (Wildman–Crippen LogP) is 3.32. The van der Waals surface area contributed by atoms with E-state index in [1.807, 2.05) is 38.2 Å². The third kappa shape index (κ3) is 2.67.